The molecule has 2 aromatic heterocycles. The third-order valence-corrected chi connectivity index (χ3v) is 4.59. The van der Waals surface area contributed by atoms with E-state index in [4.69, 9.17) is 9.97 Å². The van der Waals surface area contributed by atoms with Crippen molar-refractivity contribution in [2.45, 2.75) is 25.8 Å². The highest BCUT2D eigenvalue weighted by Crippen LogP contribution is 2.25. The summed E-state index contributed by atoms with van der Waals surface area (Å²) in [4.78, 5) is 11.7. The van der Waals surface area contributed by atoms with E-state index in [1.165, 1.54) is 31.4 Å². The van der Waals surface area contributed by atoms with Crippen LogP contribution in [0.3, 0.4) is 0 Å². The van der Waals surface area contributed by atoms with Crippen LogP contribution in [0.1, 0.15) is 24.8 Å². The Morgan fingerprint density at radius 2 is 1.81 bits per heavy atom. The minimum absolute atomic E-state index is 0. The van der Waals surface area contributed by atoms with Crippen molar-refractivity contribution in [3.8, 4) is 0 Å². The quantitative estimate of drug-likeness (QED) is 0.754. The fourth-order valence-corrected chi connectivity index (χ4v) is 3.17. The van der Waals surface area contributed by atoms with Crippen LogP contribution in [0.25, 0.3) is 11.0 Å². The van der Waals surface area contributed by atoms with Gasteiger partial charge in [0.15, 0.2) is 5.65 Å². The van der Waals surface area contributed by atoms with E-state index in [1.807, 2.05) is 7.05 Å². The minimum Gasteiger partial charge on any atom is -0.365 e. The Morgan fingerprint density at radius 1 is 1.08 bits per heavy atom. The zero-order valence-corrected chi connectivity index (χ0v) is 15.5. The third kappa shape index (κ3) is 3.72. The zero-order chi connectivity index (χ0) is 17.2. The van der Waals surface area contributed by atoms with Gasteiger partial charge in [-0.3, -0.25) is 4.68 Å². The van der Waals surface area contributed by atoms with Gasteiger partial charge >= 0.3 is 0 Å². The Labute approximate surface area is 157 Å². The number of rotatable bonds is 4. The molecule has 1 aliphatic rings. The van der Waals surface area contributed by atoms with Gasteiger partial charge in [0.2, 0.25) is 5.95 Å². The molecule has 4 rings (SSSR count). The van der Waals surface area contributed by atoms with Gasteiger partial charge in [-0.25, -0.2) is 4.39 Å². The van der Waals surface area contributed by atoms with Gasteiger partial charge in [-0.05, 0) is 37.0 Å². The molecule has 26 heavy (non-hydrogen) atoms. The van der Waals surface area contributed by atoms with Gasteiger partial charge in [-0.15, -0.1) is 12.4 Å². The molecule has 138 valence electrons. The average molecular weight is 377 g/mol. The monoisotopic (exact) mass is 376 g/mol. The summed E-state index contributed by atoms with van der Waals surface area (Å²) in [5.74, 6) is 1.29. The number of halogens is 2. The summed E-state index contributed by atoms with van der Waals surface area (Å²) in [6, 6.07) is 6.48. The summed E-state index contributed by atoms with van der Waals surface area (Å²) in [7, 11) is 1.89. The maximum Gasteiger partial charge on any atom is 0.229 e. The maximum absolute atomic E-state index is 13.1. The molecule has 1 aliphatic heterocycles. The number of fused-ring (bicyclic) bond motifs is 1. The van der Waals surface area contributed by atoms with E-state index in [1.54, 1.807) is 23.0 Å². The van der Waals surface area contributed by atoms with Crippen LogP contribution in [-0.4, -0.2) is 32.8 Å². The molecule has 8 heteroatoms. The van der Waals surface area contributed by atoms with E-state index < -0.39 is 0 Å². The molecular formula is C18H22ClFN6. The molecule has 0 atom stereocenters. The normalized spacial score (nSPS) is 14.3. The first kappa shape index (κ1) is 18.4. The molecule has 1 N–H and O–H groups in total. The Kier molecular flexibility index (Phi) is 5.56. The van der Waals surface area contributed by atoms with Gasteiger partial charge in [-0.2, -0.15) is 15.1 Å². The van der Waals surface area contributed by atoms with Crippen molar-refractivity contribution in [2.75, 3.05) is 23.3 Å². The van der Waals surface area contributed by atoms with Gasteiger partial charge in [0, 0.05) is 26.7 Å². The second kappa shape index (κ2) is 7.86. The number of hydrogen-bond acceptors (Lipinski definition) is 5. The summed E-state index contributed by atoms with van der Waals surface area (Å²) >= 11 is 0. The van der Waals surface area contributed by atoms with E-state index in [0.717, 1.165) is 41.5 Å². The Bertz CT molecular complexity index is 873. The van der Waals surface area contributed by atoms with Crippen molar-refractivity contribution in [3.05, 3.63) is 41.8 Å². The summed E-state index contributed by atoms with van der Waals surface area (Å²) in [6.45, 7) is 2.54. The summed E-state index contributed by atoms with van der Waals surface area (Å²) < 4.78 is 14.8. The number of benzene rings is 1. The Hall–Kier alpha value is -2.41. The highest BCUT2D eigenvalue weighted by Gasteiger charge is 2.18. The Balaban J connectivity index is 0.00000196. The fourth-order valence-electron chi connectivity index (χ4n) is 3.17. The summed E-state index contributed by atoms with van der Waals surface area (Å²) in [6.07, 6.45) is 5.39. The molecule has 1 saturated heterocycles. The molecule has 0 radical (unpaired) electrons. The van der Waals surface area contributed by atoms with Crippen molar-refractivity contribution in [3.63, 3.8) is 0 Å². The first-order valence-corrected chi connectivity index (χ1v) is 8.64. The standard InChI is InChI=1S/C18H21FN6.ClH/c1-24-17-15(12-21-24)16(20-11-13-5-7-14(19)8-6-13)22-18(23-17)25-9-3-2-4-10-25;/h5-8,12H,2-4,9-11H2,1H3,(H,20,22,23);1H. The van der Waals surface area contributed by atoms with Crippen LogP contribution in [0.15, 0.2) is 30.5 Å². The van der Waals surface area contributed by atoms with Crippen LogP contribution < -0.4 is 10.2 Å². The van der Waals surface area contributed by atoms with E-state index >= 15 is 0 Å². The summed E-state index contributed by atoms with van der Waals surface area (Å²) in [5, 5.41) is 8.57. The number of nitrogens with one attached hydrogen (secondary N) is 1. The van der Waals surface area contributed by atoms with Crippen LogP contribution in [-0.2, 0) is 13.6 Å². The number of aryl methyl sites for hydroxylation is 1. The van der Waals surface area contributed by atoms with Crippen LogP contribution in [0.4, 0.5) is 16.2 Å². The molecule has 0 saturated carbocycles. The largest absolute Gasteiger partial charge is 0.365 e. The smallest absolute Gasteiger partial charge is 0.229 e. The van der Waals surface area contributed by atoms with Gasteiger partial charge < -0.3 is 10.2 Å². The van der Waals surface area contributed by atoms with E-state index in [2.05, 4.69) is 15.3 Å². The van der Waals surface area contributed by atoms with Gasteiger partial charge in [0.1, 0.15) is 11.6 Å². The molecule has 6 nitrogen and oxygen atoms in total. The van der Waals surface area contributed by atoms with Crippen molar-refractivity contribution in [2.24, 2.45) is 7.05 Å². The third-order valence-electron chi connectivity index (χ3n) is 4.59. The molecular weight excluding hydrogens is 355 g/mol. The lowest BCUT2D eigenvalue weighted by atomic mass is 10.1. The SMILES string of the molecule is Cl.Cn1ncc2c(NCc3ccc(F)cc3)nc(N3CCCCC3)nc21. The number of anilines is 2. The average Bonchev–Trinajstić information content (AvgIpc) is 3.03. The molecule has 0 bridgehead atoms. The highest BCUT2D eigenvalue weighted by molar-refractivity contribution is 5.87. The first-order valence-electron chi connectivity index (χ1n) is 8.64. The van der Waals surface area contributed by atoms with Crippen molar-refractivity contribution >= 4 is 35.2 Å². The lowest BCUT2D eigenvalue weighted by Crippen LogP contribution is -2.31. The maximum atomic E-state index is 13.1. The first-order chi connectivity index (χ1) is 12.2. The predicted octanol–water partition coefficient (Wildman–Crippen LogP) is 3.53. The van der Waals surface area contributed by atoms with Gasteiger partial charge in [0.25, 0.3) is 0 Å². The predicted molar refractivity (Wildman–Crippen MR) is 103 cm³/mol. The number of nitrogens with zero attached hydrogens (tertiary/aromatic N) is 5. The topological polar surface area (TPSA) is 58.9 Å². The molecule has 1 aromatic carbocycles. The number of aromatic nitrogens is 4. The van der Waals surface area contributed by atoms with Gasteiger partial charge in [0.05, 0.1) is 11.6 Å². The van der Waals surface area contributed by atoms with Crippen LogP contribution >= 0.6 is 12.4 Å². The lowest BCUT2D eigenvalue weighted by molar-refractivity contribution is 0.568. The molecule has 0 aliphatic carbocycles. The molecule has 3 aromatic rings. The van der Waals surface area contributed by atoms with Crippen molar-refractivity contribution in [1.29, 1.82) is 0 Å². The van der Waals surface area contributed by atoms with Crippen molar-refractivity contribution < 1.29 is 4.39 Å². The van der Waals surface area contributed by atoms with E-state index in [0.29, 0.717) is 6.54 Å². The molecule has 0 amide bonds. The molecule has 1 fully saturated rings. The minimum atomic E-state index is -0.229. The van der Waals surface area contributed by atoms with E-state index in [-0.39, 0.29) is 18.2 Å². The number of hydrogen-bond donors (Lipinski definition) is 1. The molecule has 0 spiro atoms. The second-order valence-electron chi connectivity index (χ2n) is 6.41. The van der Waals surface area contributed by atoms with Crippen LogP contribution in [0.2, 0.25) is 0 Å². The van der Waals surface area contributed by atoms with Crippen LogP contribution in [0, 0.1) is 5.82 Å². The zero-order valence-electron chi connectivity index (χ0n) is 14.7. The Morgan fingerprint density at radius 3 is 2.54 bits per heavy atom. The number of piperidine rings is 1. The van der Waals surface area contributed by atoms with E-state index in [9.17, 15) is 4.39 Å². The second-order valence-corrected chi connectivity index (χ2v) is 6.41. The summed E-state index contributed by atoms with van der Waals surface area (Å²) in [5.41, 5.74) is 1.81. The molecule has 3 heterocycles. The molecule has 0 unspecified atom stereocenters. The van der Waals surface area contributed by atoms with Gasteiger partial charge in [-0.1, -0.05) is 12.1 Å². The lowest BCUT2D eigenvalue weighted by Gasteiger charge is -2.27. The van der Waals surface area contributed by atoms with Crippen molar-refractivity contribution in [1.82, 2.24) is 19.7 Å². The van der Waals surface area contributed by atoms with Crippen LogP contribution in [0.5, 0.6) is 0 Å². The fraction of sp³-hybridized carbons (Fsp3) is 0.389. The highest BCUT2D eigenvalue weighted by atomic mass is 35.5.